The Morgan fingerprint density at radius 3 is 2.12 bits per heavy atom. The molecule has 3 aliphatic rings. The molecule has 15 nitrogen and oxygen atoms in total. The van der Waals surface area contributed by atoms with E-state index in [2.05, 4.69) is 50.6 Å². The maximum atomic E-state index is 15.1. The van der Waals surface area contributed by atoms with Gasteiger partial charge in [0.1, 0.15) is 0 Å². The molecule has 0 amide bonds. The van der Waals surface area contributed by atoms with Crippen LogP contribution in [-0.4, -0.2) is 122 Å². The van der Waals surface area contributed by atoms with Crippen molar-refractivity contribution in [2.24, 2.45) is 5.92 Å². The zero-order chi connectivity index (χ0) is 53.9. The van der Waals surface area contributed by atoms with Crippen molar-refractivity contribution in [3.8, 4) is 22.4 Å². The lowest BCUT2D eigenvalue weighted by Gasteiger charge is -2.37. The molecule has 3 aliphatic heterocycles. The number of aromatic nitrogens is 1. The highest BCUT2D eigenvalue weighted by Crippen LogP contribution is 2.56. The molecule has 6 aromatic rings. The SMILES string of the molecule is Cc1c(C(=O)O)c(-c2cccc(N3CCN(c4ccc(N5CCO[P@@]5(=O)c5ccc(N[C@H](CCN6CCC(CP(=O)(O)O)CC6)CSc6ccccc6)c(S(C)(=O)=O)c5)cc4)CC3)c2)c(-c2ccc(Cl)cc2)n1C(C)C. The third-order valence-corrected chi connectivity index (χ3v) is 20.8. The summed E-state index contributed by atoms with van der Waals surface area (Å²) in [7, 11) is -11.6. The van der Waals surface area contributed by atoms with Gasteiger partial charge in [-0.15, -0.1) is 11.8 Å². The third kappa shape index (κ3) is 12.8. The summed E-state index contributed by atoms with van der Waals surface area (Å²) in [6, 6.07) is 38.4. The molecule has 20 heteroatoms. The first-order chi connectivity index (χ1) is 36.3. The van der Waals surface area contributed by atoms with Crippen molar-refractivity contribution < 1.29 is 41.8 Å². The van der Waals surface area contributed by atoms with Crippen LogP contribution in [0.5, 0.6) is 0 Å². The van der Waals surface area contributed by atoms with Crippen molar-refractivity contribution in [2.45, 2.75) is 61.9 Å². The monoisotopic (exact) mass is 1130 g/mol. The van der Waals surface area contributed by atoms with Crippen molar-refractivity contribution in [1.82, 2.24) is 9.47 Å². The smallest absolute Gasteiger partial charge is 0.338 e. The zero-order valence-electron chi connectivity index (χ0n) is 43.3. The molecule has 0 spiro atoms. The summed E-state index contributed by atoms with van der Waals surface area (Å²) >= 11 is 7.97. The number of carboxylic acids is 1. The van der Waals surface area contributed by atoms with Crippen LogP contribution in [0.4, 0.5) is 22.7 Å². The summed E-state index contributed by atoms with van der Waals surface area (Å²) in [4.78, 5) is 40.0. The lowest BCUT2D eigenvalue weighted by atomic mass is 9.96. The van der Waals surface area contributed by atoms with Gasteiger partial charge in [-0.05, 0) is 149 Å². The molecule has 2 atom stereocenters. The number of likely N-dealkylation sites (tertiary alicyclic amines) is 1. The maximum absolute atomic E-state index is 15.1. The number of anilines is 4. The van der Waals surface area contributed by atoms with Crippen molar-refractivity contribution in [1.29, 1.82) is 0 Å². The van der Waals surface area contributed by atoms with Crippen LogP contribution in [0.15, 0.2) is 131 Å². The standard InChI is InChI=1S/C56H67ClN6O9P2S2/c1-39(2)63-40(3)53(56(64)65)54(55(63)42-13-15-44(57)16-14-42)43-9-8-10-48(35-43)61-31-29-60(30-32-61)46-17-19-47(20-18-46)62-33-34-72-74(62,69)49-21-22-51(52(36-49)76(4,70)71)58-45(38-75-50-11-6-5-7-12-50)25-28-59-26-23-41(24-27-59)37-73(66,67)68/h5-22,35-36,39,41,45,58H,23-34,37-38H2,1-4H3,(H,64,65)(H2,66,67,68)/t45-,74+/m1/s1. The molecule has 0 aliphatic carbocycles. The number of piperazine rings is 1. The van der Waals surface area contributed by atoms with Crippen LogP contribution in [0.25, 0.3) is 22.4 Å². The Labute approximate surface area is 455 Å². The average molecular weight is 1130 g/mol. The number of benzene rings is 5. The minimum Gasteiger partial charge on any atom is -0.478 e. The molecule has 4 N–H and O–H groups in total. The average Bonchev–Trinajstić information content (AvgIpc) is 3.95. The highest BCUT2D eigenvalue weighted by atomic mass is 35.5. The highest BCUT2D eigenvalue weighted by Gasteiger charge is 2.41. The van der Waals surface area contributed by atoms with Gasteiger partial charge in [0.15, 0.2) is 9.84 Å². The van der Waals surface area contributed by atoms with Gasteiger partial charge in [-0.25, -0.2) is 13.2 Å². The van der Waals surface area contributed by atoms with E-state index in [0.717, 1.165) is 85.2 Å². The molecule has 0 unspecified atom stereocenters. The van der Waals surface area contributed by atoms with E-state index in [1.807, 2.05) is 97.9 Å². The van der Waals surface area contributed by atoms with Crippen LogP contribution in [-0.2, 0) is 23.5 Å². The number of hydrogen-bond donors (Lipinski definition) is 4. The van der Waals surface area contributed by atoms with Crippen LogP contribution in [0.3, 0.4) is 0 Å². The van der Waals surface area contributed by atoms with Crippen molar-refractivity contribution in [3.63, 3.8) is 0 Å². The van der Waals surface area contributed by atoms with E-state index in [0.29, 0.717) is 64.5 Å². The Bertz CT molecular complexity index is 3230. The number of piperidine rings is 1. The van der Waals surface area contributed by atoms with Crippen molar-refractivity contribution in [2.75, 3.05) is 96.9 Å². The van der Waals surface area contributed by atoms with Crippen molar-refractivity contribution >= 4 is 82.3 Å². The number of sulfone groups is 1. The van der Waals surface area contributed by atoms with Gasteiger partial charge in [0, 0.05) is 95.1 Å². The van der Waals surface area contributed by atoms with Gasteiger partial charge in [0.25, 0.3) is 0 Å². The van der Waals surface area contributed by atoms with Crippen LogP contribution in [0.2, 0.25) is 5.02 Å². The molecule has 5 aromatic carbocycles. The molecule has 0 radical (unpaired) electrons. The highest BCUT2D eigenvalue weighted by molar-refractivity contribution is 7.99. The fourth-order valence-corrected chi connectivity index (χ4v) is 16.3. The molecule has 0 saturated carbocycles. The number of nitrogens with one attached hydrogen (secondary N) is 1. The lowest BCUT2D eigenvalue weighted by Crippen LogP contribution is -2.46. The van der Waals surface area contributed by atoms with Crippen LogP contribution >= 0.6 is 38.5 Å². The number of rotatable bonds is 19. The first kappa shape index (κ1) is 55.7. The second-order valence-electron chi connectivity index (χ2n) is 20.3. The summed E-state index contributed by atoms with van der Waals surface area (Å²) < 4.78 is 63.8. The summed E-state index contributed by atoms with van der Waals surface area (Å²) in [6.45, 7) is 11.7. The largest absolute Gasteiger partial charge is 0.478 e. The van der Waals surface area contributed by atoms with E-state index in [-0.39, 0.29) is 41.2 Å². The molecule has 3 saturated heterocycles. The Hall–Kier alpha value is -5.06. The fourth-order valence-electron chi connectivity index (χ4n) is 11.0. The van der Waals surface area contributed by atoms with Crippen LogP contribution in [0.1, 0.15) is 55.2 Å². The fraction of sp³-hybridized carbons (Fsp3) is 0.375. The molecule has 1 aromatic heterocycles. The first-order valence-electron chi connectivity index (χ1n) is 25.8. The van der Waals surface area contributed by atoms with E-state index in [1.165, 1.54) is 6.07 Å². The minimum atomic E-state index is -4.07. The van der Waals surface area contributed by atoms with Gasteiger partial charge in [-0.3, -0.25) is 13.8 Å². The van der Waals surface area contributed by atoms with Crippen LogP contribution < -0.4 is 25.1 Å². The Kier molecular flexibility index (Phi) is 17.2. The van der Waals surface area contributed by atoms with E-state index in [4.69, 9.17) is 16.1 Å². The zero-order valence-corrected chi connectivity index (χ0v) is 47.5. The quantitative estimate of drug-likeness (QED) is 0.0443. The normalized spacial score (nSPS) is 18.4. The van der Waals surface area contributed by atoms with E-state index in [9.17, 15) is 32.7 Å². The molecule has 9 rings (SSSR count). The van der Waals surface area contributed by atoms with Gasteiger partial charge >= 0.3 is 21.1 Å². The number of thioether (sulfide) groups is 1. The maximum Gasteiger partial charge on any atom is 0.338 e. The second-order valence-corrected chi connectivity index (χ2v) is 27.8. The van der Waals surface area contributed by atoms with E-state index in [1.54, 1.807) is 28.6 Å². The lowest BCUT2D eigenvalue weighted by molar-refractivity contribution is 0.0696. The summed E-state index contributed by atoms with van der Waals surface area (Å²) in [6.07, 6.45) is 3.19. The topological polar surface area (TPSA) is 185 Å². The Balaban J connectivity index is 0.885. The number of hydrogen-bond acceptors (Lipinski definition) is 11. The number of nitrogens with zero attached hydrogens (tertiary/aromatic N) is 5. The van der Waals surface area contributed by atoms with Gasteiger partial charge in [-0.2, -0.15) is 0 Å². The van der Waals surface area contributed by atoms with Gasteiger partial charge < -0.3 is 44.0 Å². The molecule has 3 fully saturated rings. The molecule has 404 valence electrons. The number of carboxylic acid groups (broad SMARTS) is 1. The predicted molar refractivity (Wildman–Crippen MR) is 309 cm³/mol. The summed E-state index contributed by atoms with van der Waals surface area (Å²) in [5, 5.41) is 15.0. The molecule has 0 bridgehead atoms. The van der Waals surface area contributed by atoms with Gasteiger partial charge in [-0.1, -0.05) is 54.1 Å². The summed E-state index contributed by atoms with van der Waals surface area (Å²) in [5.74, 6) is -0.336. The van der Waals surface area contributed by atoms with Crippen molar-refractivity contribution in [3.05, 3.63) is 138 Å². The predicted octanol–water partition coefficient (Wildman–Crippen LogP) is 11.0. The van der Waals surface area contributed by atoms with E-state index >= 15 is 4.57 Å². The Morgan fingerprint density at radius 1 is 0.829 bits per heavy atom. The Morgan fingerprint density at radius 2 is 1.49 bits per heavy atom. The van der Waals surface area contributed by atoms with Crippen LogP contribution in [0, 0.1) is 12.8 Å². The van der Waals surface area contributed by atoms with Gasteiger partial charge in [0.05, 0.1) is 46.5 Å². The van der Waals surface area contributed by atoms with E-state index < -0.39 is 30.9 Å². The molecular formula is C56H67ClN6O9P2S2. The molecule has 76 heavy (non-hydrogen) atoms. The second kappa shape index (κ2) is 23.5. The third-order valence-electron chi connectivity index (χ3n) is 14.7. The number of halogens is 1. The number of carbonyl (C=O) groups is 1. The minimum absolute atomic E-state index is 0.00819. The first-order valence-corrected chi connectivity index (χ1v) is 32.4. The number of aromatic carboxylic acids is 1. The molecular weight excluding hydrogens is 1060 g/mol. The molecule has 4 heterocycles. The summed E-state index contributed by atoms with van der Waals surface area (Å²) in [5.41, 5.74) is 7.35. The van der Waals surface area contributed by atoms with Gasteiger partial charge in [0.2, 0.25) is 0 Å².